The van der Waals surface area contributed by atoms with Crippen LogP contribution in [0.5, 0.6) is 0 Å². The molecule has 1 rings (SSSR count). The zero-order chi connectivity index (χ0) is 12.1. The van der Waals surface area contributed by atoms with Crippen LogP contribution in [0.4, 0.5) is 0 Å². The average molecular weight is 224 g/mol. The Balaban J connectivity index is 2.67. The number of rotatable bonds is 5. The lowest BCUT2D eigenvalue weighted by Crippen LogP contribution is -2.40. The molecule has 0 aromatic carbocycles. The van der Waals surface area contributed by atoms with Crippen molar-refractivity contribution in [1.29, 1.82) is 0 Å². The van der Waals surface area contributed by atoms with E-state index in [4.69, 9.17) is 10.2 Å². The standard InChI is InChI=1S/C12H20N2O2/c1-4-5-10(7-13)14-12(15)11-6-8(2)16-9(11)3/h6,10H,4-5,7,13H2,1-3H3,(H,14,15). The molecule has 90 valence electrons. The van der Waals surface area contributed by atoms with E-state index in [0.29, 0.717) is 17.9 Å². The molecule has 0 spiro atoms. The van der Waals surface area contributed by atoms with E-state index in [-0.39, 0.29) is 11.9 Å². The highest BCUT2D eigenvalue weighted by atomic mass is 16.3. The predicted molar refractivity (Wildman–Crippen MR) is 63.4 cm³/mol. The number of hydrogen-bond acceptors (Lipinski definition) is 3. The SMILES string of the molecule is CCCC(CN)NC(=O)c1cc(C)oc1C. The quantitative estimate of drug-likeness (QED) is 0.800. The number of carbonyl (C=O) groups is 1. The summed E-state index contributed by atoms with van der Waals surface area (Å²) in [5.74, 6) is 1.31. The molecule has 1 heterocycles. The van der Waals surface area contributed by atoms with E-state index in [9.17, 15) is 4.79 Å². The van der Waals surface area contributed by atoms with Crippen molar-refractivity contribution in [2.45, 2.75) is 39.7 Å². The Bertz CT molecular complexity index is 358. The molecule has 0 fully saturated rings. The highest BCUT2D eigenvalue weighted by Gasteiger charge is 2.16. The average Bonchev–Trinajstić information content (AvgIpc) is 2.57. The van der Waals surface area contributed by atoms with Gasteiger partial charge in [0.05, 0.1) is 5.56 Å². The molecule has 0 aliphatic rings. The maximum Gasteiger partial charge on any atom is 0.255 e. The molecule has 1 atom stereocenters. The van der Waals surface area contributed by atoms with Gasteiger partial charge in [-0.2, -0.15) is 0 Å². The number of nitrogens with one attached hydrogen (secondary N) is 1. The van der Waals surface area contributed by atoms with Crippen LogP contribution < -0.4 is 11.1 Å². The van der Waals surface area contributed by atoms with E-state index in [1.54, 1.807) is 13.0 Å². The maximum atomic E-state index is 11.9. The summed E-state index contributed by atoms with van der Waals surface area (Å²) in [6, 6.07) is 1.80. The van der Waals surface area contributed by atoms with Gasteiger partial charge in [0.25, 0.3) is 5.91 Å². The number of hydrogen-bond donors (Lipinski definition) is 2. The molecule has 4 nitrogen and oxygen atoms in total. The molecule has 4 heteroatoms. The largest absolute Gasteiger partial charge is 0.466 e. The van der Waals surface area contributed by atoms with Crippen LogP contribution in [0.15, 0.2) is 10.5 Å². The second-order valence-corrected chi connectivity index (χ2v) is 4.02. The minimum Gasteiger partial charge on any atom is -0.466 e. The fourth-order valence-corrected chi connectivity index (χ4v) is 1.72. The Morgan fingerprint density at radius 1 is 1.56 bits per heavy atom. The van der Waals surface area contributed by atoms with E-state index in [1.165, 1.54) is 0 Å². The van der Waals surface area contributed by atoms with Crippen molar-refractivity contribution in [2.24, 2.45) is 5.73 Å². The fraction of sp³-hybridized carbons (Fsp3) is 0.583. The van der Waals surface area contributed by atoms with Gasteiger partial charge in [0.1, 0.15) is 11.5 Å². The van der Waals surface area contributed by atoms with Gasteiger partial charge >= 0.3 is 0 Å². The van der Waals surface area contributed by atoms with Crippen molar-refractivity contribution >= 4 is 5.91 Å². The first-order valence-electron chi connectivity index (χ1n) is 5.66. The minimum absolute atomic E-state index is 0.0482. The summed E-state index contributed by atoms with van der Waals surface area (Å²) in [4.78, 5) is 11.9. The van der Waals surface area contributed by atoms with E-state index in [2.05, 4.69) is 12.2 Å². The van der Waals surface area contributed by atoms with Gasteiger partial charge in [0.15, 0.2) is 0 Å². The molecule has 0 aliphatic carbocycles. The molecule has 3 N–H and O–H groups in total. The van der Waals surface area contributed by atoms with E-state index < -0.39 is 0 Å². The summed E-state index contributed by atoms with van der Waals surface area (Å²) >= 11 is 0. The van der Waals surface area contributed by atoms with Crippen LogP contribution in [0, 0.1) is 13.8 Å². The van der Waals surface area contributed by atoms with Gasteiger partial charge in [0.2, 0.25) is 0 Å². The van der Waals surface area contributed by atoms with Crippen LogP contribution in [0.1, 0.15) is 41.6 Å². The normalized spacial score (nSPS) is 12.5. The molecule has 1 aromatic heterocycles. The summed E-state index contributed by atoms with van der Waals surface area (Å²) in [7, 11) is 0. The van der Waals surface area contributed by atoms with Crippen LogP contribution in [0.25, 0.3) is 0 Å². The number of nitrogens with two attached hydrogens (primary N) is 1. The zero-order valence-electron chi connectivity index (χ0n) is 10.2. The zero-order valence-corrected chi connectivity index (χ0v) is 10.2. The second kappa shape index (κ2) is 5.70. The third-order valence-electron chi connectivity index (χ3n) is 2.54. The van der Waals surface area contributed by atoms with Crippen molar-refractivity contribution < 1.29 is 9.21 Å². The van der Waals surface area contributed by atoms with Gasteiger partial charge in [-0.25, -0.2) is 0 Å². The molecular formula is C12H20N2O2. The molecule has 1 amide bonds. The van der Waals surface area contributed by atoms with Gasteiger partial charge in [-0.1, -0.05) is 13.3 Å². The van der Waals surface area contributed by atoms with Crippen LogP contribution in [-0.2, 0) is 0 Å². The fourth-order valence-electron chi connectivity index (χ4n) is 1.72. The smallest absolute Gasteiger partial charge is 0.255 e. The summed E-state index contributed by atoms with van der Waals surface area (Å²) in [5, 5.41) is 2.91. The van der Waals surface area contributed by atoms with Crippen molar-refractivity contribution in [3.8, 4) is 0 Å². The number of carbonyl (C=O) groups excluding carboxylic acids is 1. The maximum absolute atomic E-state index is 11.9. The topological polar surface area (TPSA) is 68.3 Å². The number of aryl methyl sites for hydroxylation is 2. The summed E-state index contributed by atoms with van der Waals surface area (Å²) < 4.78 is 5.32. The van der Waals surface area contributed by atoms with Gasteiger partial charge in [0, 0.05) is 12.6 Å². The highest BCUT2D eigenvalue weighted by Crippen LogP contribution is 2.13. The first-order chi connectivity index (χ1) is 7.58. The van der Waals surface area contributed by atoms with Gasteiger partial charge in [-0.15, -0.1) is 0 Å². The Labute approximate surface area is 96.2 Å². The van der Waals surface area contributed by atoms with E-state index >= 15 is 0 Å². The third-order valence-corrected chi connectivity index (χ3v) is 2.54. The van der Waals surface area contributed by atoms with Gasteiger partial charge in [-0.05, 0) is 26.3 Å². The summed E-state index contributed by atoms with van der Waals surface area (Å²) in [5.41, 5.74) is 6.19. The molecule has 1 aromatic rings. The van der Waals surface area contributed by atoms with Crippen molar-refractivity contribution in [3.63, 3.8) is 0 Å². The lowest BCUT2D eigenvalue weighted by molar-refractivity contribution is 0.0934. The van der Waals surface area contributed by atoms with Crippen LogP contribution >= 0.6 is 0 Å². The molecular weight excluding hydrogens is 204 g/mol. The minimum atomic E-state index is -0.0988. The Morgan fingerprint density at radius 2 is 2.25 bits per heavy atom. The van der Waals surface area contributed by atoms with Crippen molar-refractivity contribution in [1.82, 2.24) is 5.32 Å². The van der Waals surface area contributed by atoms with E-state index in [1.807, 2.05) is 6.92 Å². The first kappa shape index (κ1) is 12.8. The Kier molecular flexibility index (Phi) is 4.55. The Hall–Kier alpha value is -1.29. The highest BCUT2D eigenvalue weighted by molar-refractivity contribution is 5.95. The second-order valence-electron chi connectivity index (χ2n) is 4.02. The molecule has 0 aliphatic heterocycles. The monoisotopic (exact) mass is 224 g/mol. The summed E-state index contributed by atoms with van der Waals surface area (Å²) in [6.45, 7) is 6.16. The molecule has 1 unspecified atom stereocenters. The summed E-state index contributed by atoms with van der Waals surface area (Å²) in [6.07, 6.45) is 1.91. The van der Waals surface area contributed by atoms with Crippen molar-refractivity contribution in [3.05, 3.63) is 23.2 Å². The van der Waals surface area contributed by atoms with Crippen LogP contribution in [0.3, 0.4) is 0 Å². The number of furan rings is 1. The molecule has 0 radical (unpaired) electrons. The third kappa shape index (κ3) is 3.10. The predicted octanol–water partition coefficient (Wildman–Crippen LogP) is 1.75. The van der Waals surface area contributed by atoms with Gasteiger partial charge < -0.3 is 15.5 Å². The molecule has 16 heavy (non-hydrogen) atoms. The lowest BCUT2D eigenvalue weighted by Gasteiger charge is -2.15. The van der Waals surface area contributed by atoms with Gasteiger partial charge in [-0.3, -0.25) is 4.79 Å². The van der Waals surface area contributed by atoms with Crippen LogP contribution in [-0.4, -0.2) is 18.5 Å². The van der Waals surface area contributed by atoms with Crippen LogP contribution in [0.2, 0.25) is 0 Å². The lowest BCUT2D eigenvalue weighted by atomic mass is 10.1. The van der Waals surface area contributed by atoms with E-state index in [0.717, 1.165) is 18.6 Å². The first-order valence-corrected chi connectivity index (χ1v) is 5.66. The molecule has 0 bridgehead atoms. The number of amides is 1. The Morgan fingerprint density at radius 3 is 2.69 bits per heavy atom. The molecule has 0 saturated carbocycles. The van der Waals surface area contributed by atoms with Crippen molar-refractivity contribution in [2.75, 3.05) is 6.54 Å². The molecule has 0 saturated heterocycles.